The molecule has 1 fully saturated rings. The van der Waals surface area contributed by atoms with Crippen molar-refractivity contribution in [3.8, 4) is 0 Å². The van der Waals surface area contributed by atoms with E-state index in [0.29, 0.717) is 6.54 Å². The fraction of sp³-hybridized carbons (Fsp3) is 0.435. The first-order valence-electron chi connectivity index (χ1n) is 10.0. The number of benzene rings is 2. The summed E-state index contributed by atoms with van der Waals surface area (Å²) in [7, 11) is 2.14. The van der Waals surface area contributed by atoms with E-state index in [4.69, 9.17) is 11.6 Å². The Morgan fingerprint density at radius 1 is 1.18 bits per heavy atom. The van der Waals surface area contributed by atoms with Crippen LogP contribution in [0, 0.1) is 6.92 Å². The normalized spacial score (nSPS) is 16.6. The first-order valence-corrected chi connectivity index (χ1v) is 10.4. The van der Waals surface area contributed by atoms with Crippen LogP contribution < -0.4 is 5.32 Å². The Hall–Kier alpha value is -2.04. The van der Waals surface area contributed by atoms with Crippen LogP contribution >= 0.6 is 11.6 Å². The van der Waals surface area contributed by atoms with Gasteiger partial charge in [-0.2, -0.15) is 0 Å². The van der Waals surface area contributed by atoms with Gasteiger partial charge in [0.05, 0.1) is 6.04 Å². The summed E-state index contributed by atoms with van der Waals surface area (Å²) < 4.78 is 0. The summed E-state index contributed by atoms with van der Waals surface area (Å²) in [6.45, 7) is 6.69. The quantitative estimate of drug-likeness (QED) is 0.766. The van der Waals surface area contributed by atoms with Crippen LogP contribution in [0.2, 0.25) is 5.02 Å². The molecule has 28 heavy (non-hydrogen) atoms. The number of amides is 2. The van der Waals surface area contributed by atoms with Crippen molar-refractivity contribution in [2.24, 2.45) is 0 Å². The second-order valence-corrected chi connectivity index (χ2v) is 8.18. The van der Waals surface area contributed by atoms with E-state index in [1.54, 1.807) is 0 Å². The molecule has 0 radical (unpaired) electrons. The molecule has 0 spiro atoms. The van der Waals surface area contributed by atoms with Crippen LogP contribution in [-0.2, 0) is 6.54 Å². The largest absolute Gasteiger partial charge is 0.331 e. The highest BCUT2D eigenvalue weighted by molar-refractivity contribution is 6.31. The number of hydrogen-bond donors (Lipinski definition) is 1. The maximum atomic E-state index is 13.3. The molecule has 0 aliphatic carbocycles. The van der Waals surface area contributed by atoms with Gasteiger partial charge in [0.2, 0.25) is 0 Å². The summed E-state index contributed by atoms with van der Waals surface area (Å²) in [6, 6.07) is 16.2. The van der Waals surface area contributed by atoms with Crippen LogP contribution in [0.15, 0.2) is 48.5 Å². The average Bonchev–Trinajstić information content (AvgIpc) is 2.69. The maximum Gasteiger partial charge on any atom is 0.318 e. The van der Waals surface area contributed by atoms with Gasteiger partial charge in [-0.05, 0) is 69.6 Å². The Kier molecular flexibility index (Phi) is 6.97. The minimum Gasteiger partial charge on any atom is -0.331 e. The van der Waals surface area contributed by atoms with Gasteiger partial charge in [-0.25, -0.2) is 4.79 Å². The van der Waals surface area contributed by atoms with Crippen LogP contribution in [-0.4, -0.2) is 42.0 Å². The lowest BCUT2D eigenvalue weighted by Crippen LogP contribution is -2.50. The third-order valence-corrected chi connectivity index (χ3v) is 6.11. The van der Waals surface area contributed by atoms with Gasteiger partial charge < -0.3 is 15.1 Å². The minimum absolute atomic E-state index is 0.00900. The Labute approximate surface area is 173 Å². The van der Waals surface area contributed by atoms with Gasteiger partial charge >= 0.3 is 6.03 Å². The van der Waals surface area contributed by atoms with Crippen LogP contribution in [0.1, 0.15) is 42.5 Å². The summed E-state index contributed by atoms with van der Waals surface area (Å²) in [4.78, 5) is 17.6. The molecule has 150 valence electrons. The number of likely N-dealkylation sites (tertiary alicyclic amines) is 1. The number of carbonyl (C=O) groups is 1. The lowest BCUT2D eigenvalue weighted by Gasteiger charge is -2.38. The smallest absolute Gasteiger partial charge is 0.318 e. The molecule has 1 aliphatic heterocycles. The summed E-state index contributed by atoms with van der Waals surface area (Å²) >= 11 is 6.27. The molecule has 0 aromatic heterocycles. The molecule has 4 nitrogen and oxygen atoms in total. The molecule has 1 heterocycles. The van der Waals surface area contributed by atoms with Gasteiger partial charge in [0.15, 0.2) is 0 Å². The first-order chi connectivity index (χ1) is 13.5. The molecule has 1 N–H and O–H groups in total. The predicted molar refractivity (Wildman–Crippen MR) is 116 cm³/mol. The molecule has 1 unspecified atom stereocenters. The highest BCUT2D eigenvalue weighted by atomic mass is 35.5. The molecule has 5 heteroatoms. The van der Waals surface area contributed by atoms with Crippen molar-refractivity contribution in [3.63, 3.8) is 0 Å². The van der Waals surface area contributed by atoms with Gasteiger partial charge in [-0.15, -0.1) is 0 Å². The Balaban J connectivity index is 1.76. The van der Waals surface area contributed by atoms with Crippen molar-refractivity contribution in [3.05, 3.63) is 70.2 Å². The molecule has 3 rings (SSSR count). The van der Waals surface area contributed by atoms with Crippen LogP contribution in [0.25, 0.3) is 0 Å². The number of rotatable bonds is 5. The number of urea groups is 1. The Morgan fingerprint density at radius 2 is 1.86 bits per heavy atom. The maximum absolute atomic E-state index is 13.3. The highest BCUT2D eigenvalue weighted by Gasteiger charge is 2.28. The van der Waals surface area contributed by atoms with Gasteiger partial charge in [0.1, 0.15) is 0 Å². The van der Waals surface area contributed by atoms with E-state index in [1.165, 1.54) is 0 Å². The van der Waals surface area contributed by atoms with Crippen molar-refractivity contribution in [1.82, 2.24) is 15.1 Å². The van der Waals surface area contributed by atoms with Crippen molar-refractivity contribution in [2.75, 3.05) is 20.1 Å². The number of nitrogens with one attached hydrogen (secondary N) is 1. The van der Waals surface area contributed by atoms with E-state index in [9.17, 15) is 4.79 Å². The second-order valence-electron chi connectivity index (χ2n) is 7.77. The van der Waals surface area contributed by atoms with Crippen LogP contribution in [0.5, 0.6) is 0 Å². The summed E-state index contributed by atoms with van der Waals surface area (Å²) in [6.07, 6.45) is 2.00. The summed E-state index contributed by atoms with van der Waals surface area (Å²) in [5, 5.41) is 3.94. The van der Waals surface area contributed by atoms with Crippen molar-refractivity contribution >= 4 is 17.6 Å². The minimum atomic E-state index is -0.101. The molecular weight excluding hydrogens is 370 g/mol. The summed E-state index contributed by atoms with van der Waals surface area (Å²) in [5.41, 5.74) is 3.23. The molecule has 0 bridgehead atoms. The van der Waals surface area contributed by atoms with E-state index in [2.05, 4.69) is 29.4 Å². The Bertz CT molecular complexity index is 788. The fourth-order valence-corrected chi connectivity index (χ4v) is 4.07. The van der Waals surface area contributed by atoms with Crippen molar-refractivity contribution in [1.29, 1.82) is 0 Å². The number of halogens is 1. The van der Waals surface area contributed by atoms with Crippen LogP contribution in [0.3, 0.4) is 0 Å². The van der Waals surface area contributed by atoms with Crippen LogP contribution in [0.4, 0.5) is 4.79 Å². The van der Waals surface area contributed by atoms with Crippen molar-refractivity contribution in [2.45, 2.75) is 45.3 Å². The van der Waals surface area contributed by atoms with E-state index >= 15 is 0 Å². The number of hydrogen-bond acceptors (Lipinski definition) is 2. The predicted octanol–water partition coefficient (Wildman–Crippen LogP) is 5.02. The lowest BCUT2D eigenvalue weighted by molar-refractivity contribution is 0.125. The number of carbonyl (C=O) groups excluding carboxylic acids is 1. The SMILES string of the molecule is Cc1c(Cl)cccc1C(C)NC(=O)N(Cc1ccccc1)C1CCN(C)CC1. The van der Waals surface area contributed by atoms with Gasteiger partial charge in [0.25, 0.3) is 0 Å². The lowest BCUT2D eigenvalue weighted by atomic mass is 10.0. The molecule has 1 aliphatic rings. The average molecular weight is 400 g/mol. The first kappa shape index (κ1) is 20.7. The van der Waals surface area contributed by atoms with Gasteiger partial charge in [-0.1, -0.05) is 54.1 Å². The zero-order chi connectivity index (χ0) is 20.1. The van der Waals surface area contributed by atoms with E-state index < -0.39 is 0 Å². The fourth-order valence-electron chi connectivity index (χ4n) is 3.89. The highest BCUT2D eigenvalue weighted by Crippen LogP contribution is 2.25. The van der Waals surface area contributed by atoms with E-state index in [1.807, 2.05) is 55.1 Å². The summed E-state index contributed by atoms with van der Waals surface area (Å²) in [5.74, 6) is 0. The molecule has 0 saturated carbocycles. The topological polar surface area (TPSA) is 35.6 Å². The van der Waals surface area contributed by atoms with Crippen molar-refractivity contribution < 1.29 is 4.79 Å². The van der Waals surface area contributed by atoms with Gasteiger partial charge in [0, 0.05) is 17.6 Å². The second kappa shape index (κ2) is 9.44. The zero-order valence-corrected chi connectivity index (χ0v) is 17.7. The molecule has 2 amide bonds. The molecular formula is C23H30ClN3O. The van der Waals surface area contributed by atoms with E-state index in [-0.39, 0.29) is 18.1 Å². The molecule has 1 atom stereocenters. The third-order valence-electron chi connectivity index (χ3n) is 5.70. The Morgan fingerprint density at radius 3 is 2.54 bits per heavy atom. The van der Waals surface area contributed by atoms with Gasteiger partial charge in [-0.3, -0.25) is 0 Å². The number of piperidine rings is 1. The molecule has 2 aromatic rings. The third kappa shape index (κ3) is 5.06. The zero-order valence-electron chi connectivity index (χ0n) is 17.0. The monoisotopic (exact) mass is 399 g/mol. The number of nitrogens with zero attached hydrogens (tertiary/aromatic N) is 2. The molecule has 1 saturated heterocycles. The molecule has 2 aromatic carbocycles. The van der Waals surface area contributed by atoms with E-state index in [0.717, 1.165) is 47.6 Å². The standard InChI is InChI=1S/C23H30ClN3O/c1-17-21(10-7-11-22(17)24)18(2)25-23(28)27(16-19-8-5-4-6-9-19)20-12-14-26(3)15-13-20/h4-11,18,20H,12-16H2,1-3H3,(H,25,28).